The topological polar surface area (TPSA) is 286 Å². The number of H-pyrrole nitrogens is 3. The molecule has 718 valence electrons. The van der Waals surface area contributed by atoms with Gasteiger partial charge in [-0.15, -0.1) is 0 Å². The molecule has 2 aliphatic heterocycles. The van der Waals surface area contributed by atoms with Crippen molar-refractivity contribution in [1.29, 1.82) is 0 Å². The summed E-state index contributed by atoms with van der Waals surface area (Å²) in [5.74, 6) is 5.52. The lowest BCUT2D eigenvalue weighted by Gasteiger charge is -2.26. The molecule has 27 nitrogen and oxygen atoms in total. The molecular weight excluding hydrogens is 1600 g/mol. The third-order valence-electron chi connectivity index (χ3n) is 23.4. The van der Waals surface area contributed by atoms with E-state index >= 15 is 0 Å². The molecule has 12 heterocycles. The van der Waals surface area contributed by atoms with Crippen molar-refractivity contribution in [2.45, 2.75) is 347 Å². The average Bonchev–Trinajstić information content (AvgIpc) is 1.66. The van der Waals surface area contributed by atoms with Gasteiger partial charge in [-0.05, 0) is 272 Å². The zero-order valence-electron chi connectivity index (χ0n) is 87.5. The summed E-state index contributed by atoms with van der Waals surface area (Å²) in [5, 5.41) is 59.4. The average molecular weight is 1770 g/mol. The lowest BCUT2D eigenvalue weighted by molar-refractivity contribution is -0.137. The second-order valence-electron chi connectivity index (χ2n) is 37.6. The standard InChI is InChI=1S/C16H31N5.C14H25N3O.C13H23N3.C10H16N2O2.C10H18N2.C9H16N2.C9H13N.C8H14N2.2C6H10N2/c1-8-17-16(18-10-9-11-20(6)7)21-14(5)15(12(2)3)13(4)19-21;1-11(2)14-12(3)15-17(13(14)4)6-5-16-7-9-18-10-8-16;1-10(2)13-11(3)15(4)14-12(13)9-16-7-5-6-8-16;1-6(2)10-7(3)11-12(8(10)4)5-9(13)14;1-6-9-10(7(2)3)8(4)12(5)11-9;1-6(2)9-7(3)10-11(5)8(9)4;1-7(2)9-5-4-6-10-8(9)3;1-5(2)8-6(3)9-10-7(8)4;1-5(2)6-3-7-8-4-6;1-5(2)6-3-4-7-8-6/h12H,8-11H2,1-7H3,(H,17,18);11H,5-10H2,1-4H3;10H,5-9H2,1-4H3;6H,5H2,1-4H3,(H,13,14);7H,6H2,1-5H3;6H,1-5H3;4-7H,1-3H3;5H,1-4H3,(H,9,10);2*3-5H,1-2H3,(H,7,8). The van der Waals surface area contributed by atoms with Crippen molar-refractivity contribution < 1.29 is 14.6 Å². The Labute approximate surface area is 773 Å². The molecule has 0 radical (unpaired) electrons. The van der Waals surface area contributed by atoms with Crippen molar-refractivity contribution in [2.24, 2.45) is 26.1 Å². The van der Waals surface area contributed by atoms with Gasteiger partial charge in [-0.25, -0.2) is 4.68 Å². The molecule has 128 heavy (non-hydrogen) atoms. The van der Waals surface area contributed by atoms with Crippen molar-refractivity contribution in [2.75, 3.05) is 79.7 Å². The quantitative estimate of drug-likeness (QED) is 0.0226. The Hall–Kier alpha value is -9.18. The Morgan fingerprint density at radius 2 is 0.984 bits per heavy atom. The van der Waals surface area contributed by atoms with Crippen LogP contribution in [0.15, 0.2) is 48.0 Å². The molecule has 0 amide bonds. The molecule has 10 aromatic heterocycles. The number of aromatic nitrogens is 19. The van der Waals surface area contributed by atoms with E-state index in [0.29, 0.717) is 59.2 Å². The van der Waals surface area contributed by atoms with Crippen LogP contribution in [0.25, 0.3) is 0 Å². The van der Waals surface area contributed by atoms with E-state index in [1.165, 1.54) is 133 Å². The Morgan fingerprint density at radius 3 is 1.35 bits per heavy atom. The maximum atomic E-state index is 10.6. The minimum absolute atomic E-state index is 0.0562. The van der Waals surface area contributed by atoms with Gasteiger partial charge in [0.25, 0.3) is 0 Å². The van der Waals surface area contributed by atoms with Crippen molar-refractivity contribution in [3.8, 4) is 0 Å². The molecule has 0 atom stereocenters. The summed E-state index contributed by atoms with van der Waals surface area (Å²) in [6.07, 6.45) is 12.2. The van der Waals surface area contributed by atoms with E-state index in [1.807, 2.05) is 84.3 Å². The molecule has 5 N–H and O–H groups in total. The fourth-order valence-corrected chi connectivity index (χ4v) is 17.0. The molecule has 12 rings (SSSR count). The summed E-state index contributed by atoms with van der Waals surface area (Å²) in [7, 11) is 10.2. The molecule has 2 aliphatic rings. The number of aryl methyl sites for hydroxylation is 11. The first kappa shape index (κ1) is 113. The molecular formula is C101H176N24O3. The number of ether oxygens (including phenoxy) is 1. The SMILES string of the molecule is CC(C)c1ccn[nH]1.CC(C)c1cn[nH]c1.CCNC(=NCCCN(C)C)n1nc(C)c(C(C)C)c1C.CCc1nn(C)c(C)c1C(C)C.Cc1c(C(C)C)c(CN2CCCC2)nn1C.Cc1n[nH]c(C)c1C(C)C.Cc1ncccc1C(C)C.Cc1nn(C)c(C)c1C(C)C.Cc1nn(CC(=O)O)c(C)c1C(C)C.Cc1nn(CCN2CCOCC2)c(C)c1C(C)C. The summed E-state index contributed by atoms with van der Waals surface area (Å²) >= 11 is 0. The highest BCUT2D eigenvalue weighted by Crippen LogP contribution is 2.30. The van der Waals surface area contributed by atoms with Crippen LogP contribution in [0, 0.1) is 90.0 Å². The number of nitrogens with one attached hydrogen (secondary N) is 4. The smallest absolute Gasteiger partial charge is 0.325 e. The van der Waals surface area contributed by atoms with Crippen LogP contribution in [0.1, 0.15) is 372 Å². The molecule has 2 saturated heterocycles. The lowest BCUT2D eigenvalue weighted by Crippen LogP contribution is -2.38. The van der Waals surface area contributed by atoms with E-state index in [-0.39, 0.29) is 6.54 Å². The number of hydrogen-bond donors (Lipinski definition) is 5. The molecule has 2 fully saturated rings. The van der Waals surface area contributed by atoms with Crippen LogP contribution in [0.3, 0.4) is 0 Å². The molecule has 0 aromatic carbocycles. The third-order valence-corrected chi connectivity index (χ3v) is 23.4. The Kier molecular flexibility index (Phi) is 49.8. The van der Waals surface area contributed by atoms with Crippen LogP contribution >= 0.6 is 0 Å². The first-order valence-electron chi connectivity index (χ1n) is 47.3. The van der Waals surface area contributed by atoms with Gasteiger partial charge in [-0.2, -0.15) is 45.9 Å². The molecule has 0 unspecified atom stereocenters. The number of aromatic amines is 3. The molecule has 0 aliphatic carbocycles. The highest BCUT2D eigenvalue weighted by molar-refractivity contribution is 5.82. The van der Waals surface area contributed by atoms with Crippen LogP contribution in [-0.2, 0) is 56.7 Å². The number of nitrogens with zero attached hydrogens (tertiary/aromatic N) is 20. The van der Waals surface area contributed by atoms with Crippen molar-refractivity contribution in [3.05, 3.63) is 184 Å². The number of carboxylic acids is 1. The van der Waals surface area contributed by atoms with E-state index < -0.39 is 5.97 Å². The molecule has 0 spiro atoms. The second-order valence-corrected chi connectivity index (χ2v) is 37.6. The van der Waals surface area contributed by atoms with E-state index in [2.05, 4.69) is 340 Å². The number of hydrogen-bond acceptors (Lipinski definition) is 16. The van der Waals surface area contributed by atoms with Gasteiger partial charge in [0, 0.05) is 136 Å². The van der Waals surface area contributed by atoms with Gasteiger partial charge >= 0.3 is 5.97 Å². The maximum absolute atomic E-state index is 10.6. The fraction of sp³-hybridized carbons (Fsp3) is 0.663. The van der Waals surface area contributed by atoms with Gasteiger partial charge in [0.05, 0.1) is 65.8 Å². The van der Waals surface area contributed by atoms with Gasteiger partial charge in [-0.3, -0.25) is 63.3 Å². The second kappa shape index (κ2) is 56.4. The molecule has 10 aromatic rings. The first-order valence-corrected chi connectivity index (χ1v) is 47.3. The van der Waals surface area contributed by atoms with E-state index in [9.17, 15) is 4.79 Å². The number of pyridine rings is 1. The predicted octanol–water partition coefficient (Wildman–Crippen LogP) is 20.8. The zero-order valence-corrected chi connectivity index (χ0v) is 87.5. The number of carboxylic acid groups (broad SMARTS) is 1. The van der Waals surface area contributed by atoms with E-state index in [1.54, 1.807) is 10.9 Å². The largest absolute Gasteiger partial charge is 0.480 e. The van der Waals surface area contributed by atoms with Crippen LogP contribution in [0.2, 0.25) is 0 Å². The summed E-state index contributed by atoms with van der Waals surface area (Å²) in [6, 6.07) is 6.11. The third kappa shape index (κ3) is 35.9. The Bertz CT molecular complexity index is 4730. The number of aliphatic carboxylic acids is 1. The van der Waals surface area contributed by atoms with E-state index in [0.717, 1.165) is 118 Å². The summed E-state index contributed by atoms with van der Waals surface area (Å²) in [6.45, 7) is 87.1. The first-order chi connectivity index (χ1) is 60.1. The van der Waals surface area contributed by atoms with Crippen LogP contribution in [0.4, 0.5) is 0 Å². The van der Waals surface area contributed by atoms with Gasteiger partial charge < -0.3 is 20.1 Å². The fourth-order valence-electron chi connectivity index (χ4n) is 17.0. The summed E-state index contributed by atoms with van der Waals surface area (Å²) < 4.78 is 17.0. The van der Waals surface area contributed by atoms with Crippen molar-refractivity contribution in [1.82, 2.24) is 114 Å². The molecule has 27 heteroatoms. The van der Waals surface area contributed by atoms with E-state index in [4.69, 9.17) is 14.8 Å². The molecule has 0 saturated carbocycles. The van der Waals surface area contributed by atoms with Gasteiger partial charge in [-0.1, -0.05) is 151 Å². The van der Waals surface area contributed by atoms with Gasteiger partial charge in [0.15, 0.2) is 0 Å². The zero-order chi connectivity index (χ0) is 96.8. The number of carbonyl (C=O) groups is 1. The van der Waals surface area contributed by atoms with Crippen LogP contribution in [-0.4, -0.2) is 206 Å². The molecule has 0 bridgehead atoms. The number of rotatable bonds is 23. The number of aliphatic imine (C=N–C) groups is 1. The van der Waals surface area contributed by atoms with Crippen LogP contribution in [0.5, 0.6) is 0 Å². The maximum Gasteiger partial charge on any atom is 0.325 e. The van der Waals surface area contributed by atoms with Crippen LogP contribution < -0.4 is 5.32 Å². The number of morpholine rings is 1. The highest BCUT2D eigenvalue weighted by atomic mass is 16.5. The minimum Gasteiger partial charge on any atom is -0.480 e. The van der Waals surface area contributed by atoms with Crippen molar-refractivity contribution in [3.63, 3.8) is 0 Å². The van der Waals surface area contributed by atoms with Crippen molar-refractivity contribution >= 4 is 11.9 Å². The Balaban J connectivity index is 0.000000372. The lowest BCUT2D eigenvalue weighted by atomic mass is 10.00. The minimum atomic E-state index is -0.856. The predicted molar refractivity (Wildman–Crippen MR) is 532 cm³/mol. The monoisotopic (exact) mass is 1770 g/mol. The normalized spacial score (nSPS) is 12.9. The summed E-state index contributed by atoms with van der Waals surface area (Å²) in [5.41, 5.74) is 31.2. The van der Waals surface area contributed by atoms with Gasteiger partial charge in [0.1, 0.15) is 6.54 Å². The van der Waals surface area contributed by atoms with Gasteiger partial charge in [0.2, 0.25) is 5.96 Å². The number of likely N-dealkylation sites (tertiary alicyclic amines) is 1. The highest BCUT2D eigenvalue weighted by Gasteiger charge is 2.24. The summed E-state index contributed by atoms with van der Waals surface area (Å²) in [4.78, 5) is 26.6. The Morgan fingerprint density at radius 1 is 0.500 bits per heavy atom.